The maximum Gasteiger partial charge on any atom is 0.193 e. The molecule has 0 fully saturated rings. The summed E-state index contributed by atoms with van der Waals surface area (Å²) in [5, 5.41) is 0.912. The highest BCUT2D eigenvalue weighted by atomic mass is 16.1. The van der Waals surface area contributed by atoms with Crippen molar-refractivity contribution in [2.75, 3.05) is 0 Å². The van der Waals surface area contributed by atoms with E-state index in [0.29, 0.717) is 0 Å². The lowest BCUT2D eigenvalue weighted by atomic mass is 9.97. The number of aromatic nitrogens is 1. The van der Waals surface area contributed by atoms with Crippen molar-refractivity contribution in [1.29, 1.82) is 0 Å². The third-order valence-electron chi connectivity index (χ3n) is 3.69. The molecule has 0 aliphatic carbocycles. The summed E-state index contributed by atoms with van der Waals surface area (Å²) < 4.78 is 0. The lowest BCUT2D eigenvalue weighted by Crippen LogP contribution is -2.04. The van der Waals surface area contributed by atoms with Crippen molar-refractivity contribution in [3.05, 3.63) is 77.0 Å². The number of ketones is 1. The van der Waals surface area contributed by atoms with Gasteiger partial charge in [-0.3, -0.25) is 9.78 Å². The zero-order valence-corrected chi connectivity index (χ0v) is 12.3. The van der Waals surface area contributed by atoms with Crippen LogP contribution in [0.4, 0.5) is 0 Å². The first-order valence-electron chi connectivity index (χ1n) is 7.19. The highest BCUT2D eigenvalue weighted by Gasteiger charge is 2.14. The van der Waals surface area contributed by atoms with Gasteiger partial charge >= 0.3 is 0 Å². The standard InChI is InChI=1S/C19H17NO/c1-3-14-7-6-8-15(12-14)19(21)17-11-13(2)20-18-10-5-4-9-16(17)18/h4-12H,3H2,1-2H3. The van der Waals surface area contributed by atoms with Gasteiger partial charge in [-0.1, -0.05) is 43.3 Å². The summed E-state index contributed by atoms with van der Waals surface area (Å²) in [5.74, 6) is 0.0620. The monoisotopic (exact) mass is 275 g/mol. The van der Waals surface area contributed by atoms with Crippen molar-refractivity contribution in [3.63, 3.8) is 0 Å². The second-order valence-electron chi connectivity index (χ2n) is 5.21. The Kier molecular flexibility index (Phi) is 3.53. The Labute approximate surface area is 124 Å². The minimum atomic E-state index is 0.0620. The van der Waals surface area contributed by atoms with Gasteiger partial charge in [-0.25, -0.2) is 0 Å². The largest absolute Gasteiger partial charge is 0.289 e. The number of carbonyl (C=O) groups is 1. The van der Waals surface area contributed by atoms with E-state index in [1.165, 1.54) is 5.56 Å². The highest BCUT2D eigenvalue weighted by molar-refractivity contribution is 6.16. The predicted molar refractivity (Wildman–Crippen MR) is 85.7 cm³/mol. The zero-order chi connectivity index (χ0) is 14.8. The Morgan fingerprint density at radius 3 is 2.67 bits per heavy atom. The number of hydrogen-bond donors (Lipinski definition) is 0. The number of pyridine rings is 1. The van der Waals surface area contributed by atoms with Crippen LogP contribution in [-0.4, -0.2) is 10.8 Å². The summed E-state index contributed by atoms with van der Waals surface area (Å²) in [6.07, 6.45) is 0.928. The molecule has 21 heavy (non-hydrogen) atoms. The molecule has 0 atom stereocenters. The summed E-state index contributed by atoms with van der Waals surface area (Å²) in [6.45, 7) is 4.02. The van der Waals surface area contributed by atoms with Crippen molar-refractivity contribution in [3.8, 4) is 0 Å². The van der Waals surface area contributed by atoms with Crippen LogP contribution in [0, 0.1) is 6.92 Å². The molecule has 0 N–H and O–H groups in total. The summed E-state index contributed by atoms with van der Waals surface area (Å²) in [6, 6.07) is 17.5. The number of benzene rings is 2. The second kappa shape index (κ2) is 5.49. The van der Waals surface area contributed by atoms with Crippen molar-refractivity contribution in [2.45, 2.75) is 20.3 Å². The minimum Gasteiger partial charge on any atom is -0.289 e. The van der Waals surface area contributed by atoms with Gasteiger partial charge in [-0.15, -0.1) is 0 Å². The normalized spacial score (nSPS) is 10.8. The molecule has 0 aliphatic rings. The van der Waals surface area contributed by atoms with Crippen LogP contribution in [0.1, 0.15) is 34.1 Å². The molecule has 0 saturated heterocycles. The fourth-order valence-electron chi connectivity index (χ4n) is 2.58. The maximum absolute atomic E-state index is 12.9. The first-order valence-corrected chi connectivity index (χ1v) is 7.19. The van der Waals surface area contributed by atoms with Crippen LogP contribution in [0.3, 0.4) is 0 Å². The lowest BCUT2D eigenvalue weighted by molar-refractivity contribution is 0.104. The molecule has 104 valence electrons. The average molecular weight is 275 g/mol. The average Bonchev–Trinajstić information content (AvgIpc) is 2.53. The molecule has 2 nitrogen and oxygen atoms in total. The molecular formula is C19H17NO. The second-order valence-corrected chi connectivity index (χ2v) is 5.21. The van der Waals surface area contributed by atoms with Gasteiger partial charge in [0, 0.05) is 22.2 Å². The third-order valence-corrected chi connectivity index (χ3v) is 3.69. The fraction of sp³-hybridized carbons (Fsp3) is 0.158. The predicted octanol–water partition coefficient (Wildman–Crippen LogP) is 4.34. The van der Waals surface area contributed by atoms with Gasteiger partial charge in [-0.2, -0.15) is 0 Å². The molecule has 0 amide bonds. The number of rotatable bonds is 3. The number of para-hydroxylation sites is 1. The van der Waals surface area contributed by atoms with E-state index < -0.39 is 0 Å². The molecular weight excluding hydrogens is 258 g/mol. The van der Waals surface area contributed by atoms with Crippen molar-refractivity contribution in [2.24, 2.45) is 0 Å². The molecule has 0 spiro atoms. The zero-order valence-electron chi connectivity index (χ0n) is 12.3. The van der Waals surface area contributed by atoms with Gasteiger partial charge in [0.15, 0.2) is 5.78 Å². The molecule has 0 radical (unpaired) electrons. The minimum absolute atomic E-state index is 0.0620. The highest BCUT2D eigenvalue weighted by Crippen LogP contribution is 2.21. The van der Waals surface area contributed by atoms with Crippen molar-refractivity contribution >= 4 is 16.7 Å². The molecule has 3 aromatic rings. The molecule has 2 heteroatoms. The molecule has 0 saturated carbocycles. The van der Waals surface area contributed by atoms with Crippen LogP contribution in [0.25, 0.3) is 10.9 Å². The molecule has 1 aromatic heterocycles. The molecule has 0 unspecified atom stereocenters. The van der Waals surface area contributed by atoms with Crippen LogP contribution in [0.5, 0.6) is 0 Å². The topological polar surface area (TPSA) is 30.0 Å². The number of fused-ring (bicyclic) bond motifs is 1. The Balaban J connectivity index is 2.17. The Hall–Kier alpha value is -2.48. The third kappa shape index (κ3) is 2.57. The molecule has 1 heterocycles. The summed E-state index contributed by atoms with van der Waals surface area (Å²) in [5.41, 5.74) is 4.38. The number of carbonyl (C=O) groups excluding carboxylic acids is 1. The van der Waals surface area contributed by atoms with Gasteiger partial charge in [0.25, 0.3) is 0 Å². The number of hydrogen-bond acceptors (Lipinski definition) is 2. The van der Waals surface area contributed by atoms with E-state index in [0.717, 1.165) is 34.1 Å². The SMILES string of the molecule is CCc1cccc(C(=O)c2cc(C)nc3ccccc23)c1. The van der Waals surface area contributed by atoms with Gasteiger partial charge in [0.1, 0.15) is 0 Å². The number of nitrogens with zero attached hydrogens (tertiary/aromatic N) is 1. The lowest BCUT2D eigenvalue weighted by Gasteiger charge is -2.08. The van der Waals surface area contributed by atoms with E-state index in [9.17, 15) is 4.79 Å². The molecule has 3 rings (SSSR count). The quantitative estimate of drug-likeness (QED) is 0.666. The number of aryl methyl sites for hydroxylation is 2. The van der Waals surface area contributed by atoms with Crippen LogP contribution in [0.15, 0.2) is 54.6 Å². The van der Waals surface area contributed by atoms with Gasteiger partial charge in [0.05, 0.1) is 5.52 Å². The Bertz CT molecular complexity index is 821. The van der Waals surface area contributed by atoms with E-state index in [1.54, 1.807) is 0 Å². The van der Waals surface area contributed by atoms with Crippen molar-refractivity contribution in [1.82, 2.24) is 4.98 Å². The molecule has 2 aromatic carbocycles. The summed E-state index contributed by atoms with van der Waals surface area (Å²) in [4.78, 5) is 17.3. The van der Waals surface area contributed by atoms with Gasteiger partial charge < -0.3 is 0 Å². The molecule has 0 bridgehead atoms. The van der Waals surface area contributed by atoms with Crippen LogP contribution >= 0.6 is 0 Å². The summed E-state index contributed by atoms with van der Waals surface area (Å²) >= 11 is 0. The van der Waals surface area contributed by atoms with Gasteiger partial charge in [-0.05, 0) is 37.1 Å². The summed E-state index contributed by atoms with van der Waals surface area (Å²) in [7, 11) is 0. The van der Waals surface area contributed by atoms with Crippen molar-refractivity contribution < 1.29 is 4.79 Å². The van der Waals surface area contributed by atoms with Gasteiger partial charge in [0.2, 0.25) is 0 Å². The van der Waals surface area contributed by atoms with Crippen LogP contribution in [0.2, 0.25) is 0 Å². The van der Waals surface area contributed by atoms with E-state index in [1.807, 2.05) is 61.5 Å². The van der Waals surface area contributed by atoms with E-state index >= 15 is 0 Å². The van der Waals surface area contributed by atoms with E-state index in [2.05, 4.69) is 11.9 Å². The first-order chi connectivity index (χ1) is 10.2. The maximum atomic E-state index is 12.9. The Morgan fingerprint density at radius 2 is 1.86 bits per heavy atom. The van der Waals surface area contributed by atoms with Crippen LogP contribution in [-0.2, 0) is 6.42 Å². The fourth-order valence-corrected chi connectivity index (χ4v) is 2.58. The van der Waals surface area contributed by atoms with E-state index in [4.69, 9.17) is 0 Å². The smallest absolute Gasteiger partial charge is 0.193 e. The first kappa shape index (κ1) is 13.5. The van der Waals surface area contributed by atoms with E-state index in [-0.39, 0.29) is 5.78 Å². The van der Waals surface area contributed by atoms with Crippen LogP contribution < -0.4 is 0 Å². The Morgan fingerprint density at radius 1 is 1.05 bits per heavy atom. The molecule has 0 aliphatic heterocycles.